The third kappa shape index (κ3) is 7.07. The highest BCUT2D eigenvalue weighted by Gasteiger charge is 2.06. The lowest BCUT2D eigenvalue weighted by molar-refractivity contribution is 0.114. The molecule has 0 bridgehead atoms. The molecular weight excluding hydrogens is 218 g/mol. The van der Waals surface area contributed by atoms with Crippen LogP contribution in [0.5, 0.6) is 0 Å². The average molecular weight is 238 g/mol. The molecule has 0 amide bonds. The molecule has 3 atom stereocenters. The van der Waals surface area contributed by atoms with Crippen LogP contribution in [-0.4, -0.2) is 30.6 Å². The number of nitrogens with one attached hydrogen (secondary N) is 1. The molecule has 0 spiro atoms. The fourth-order valence-corrected chi connectivity index (χ4v) is 1.58. The molecule has 0 rings (SSSR count). The van der Waals surface area contributed by atoms with Gasteiger partial charge in [0.05, 0.1) is 6.10 Å². The van der Waals surface area contributed by atoms with Gasteiger partial charge in [-0.05, 0) is 20.3 Å². The minimum Gasteiger partial charge on any atom is -0.380 e. The second kappa shape index (κ2) is 6.87. The van der Waals surface area contributed by atoms with Gasteiger partial charge in [0, 0.05) is 24.5 Å². The van der Waals surface area contributed by atoms with E-state index in [-0.39, 0.29) is 0 Å². The van der Waals surface area contributed by atoms with E-state index >= 15 is 0 Å². The molecule has 0 radical (unpaired) electrons. The molecule has 3 unspecified atom stereocenters. The lowest BCUT2D eigenvalue weighted by Gasteiger charge is -2.17. The van der Waals surface area contributed by atoms with Crippen LogP contribution in [0.15, 0.2) is 0 Å². The molecule has 0 aromatic heterocycles. The van der Waals surface area contributed by atoms with Crippen molar-refractivity contribution in [1.29, 1.82) is 0 Å². The normalized spacial score (nSPS) is 18.8. The van der Waals surface area contributed by atoms with E-state index in [0.717, 1.165) is 13.0 Å². The molecule has 3 heteroatoms. The van der Waals surface area contributed by atoms with Crippen molar-refractivity contribution in [2.75, 3.05) is 13.7 Å². The van der Waals surface area contributed by atoms with Crippen molar-refractivity contribution in [3.63, 3.8) is 0 Å². The van der Waals surface area contributed by atoms with Crippen molar-refractivity contribution < 1.29 is 4.74 Å². The van der Waals surface area contributed by atoms with Gasteiger partial charge < -0.3 is 10.1 Å². The van der Waals surface area contributed by atoms with Gasteiger partial charge in [-0.1, -0.05) is 22.9 Å². The quantitative estimate of drug-likeness (QED) is 0.716. The highest BCUT2D eigenvalue weighted by atomic mass is 79.9. The molecule has 12 heavy (non-hydrogen) atoms. The van der Waals surface area contributed by atoms with Gasteiger partial charge in [0.1, 0.15) is 0 Å². The van der Waals surface area contributed by atoms with Crippen LogP contribution >= 0.6 is 15.9 Å². The van der Waals surface area contributed by atoms with Crippen LogP contribution in [0.1, 0.15) is 27.2 Å². The first-order valence-electron chi connectivity index (χ1n) is 4.46. The van der Waals surface area contributed by atoms with Gasteiger partial charge in [-0.3, -0.25) is 0 Å². The van der Waals surface area contributed by atoms with Crippen LogP contribution in [-0.2, 0) is 4.74 Å². The molecule has 1 N–H and O–H groups in total. The number of halogens is 1. The van der Waals surface area contributed by atoms with E-state index in [1.807, 2.05) is 0 Å². The summed E-state index contributed by atoms with van der Waals surface area (Å²) in [7, 11) is 1.74. The molecular formula is C9H20BrNO. The first-order chi connectivity index (χ1) is 5.56. The Morgan fingerprint density at radius 1 is 1.33 bits per heavy atom. The van der Waals surface area contributed by atoms with Crippen molar-refractivity contribution in [3.8, 4) is 0 Å². The standard InChI is InChI=1S/C9H20BrNO/c1-7(10)5-8(2)11-6-9(3)12-4/h7-9,11H,5-6H2,1-4H3. The topological polar surface area (TPSA) is 21.3 Å². The first-order valence-corrected chi connectivity index (χ1v) is 5.38. The Kier molecular flexibility index (Phi) is 7.10. The van der Waals surface area contributed by atoms with Crippen molar-refractivity contribution in [2.24, 2.45) is 0 Å². The van der Waals surface area contributed by atoms with E-state index in [2.05, 4.69) is 42.0 Å². The van der Waals surface area contributed by atoms with Gasteiger partial charge in [-0.15, -0.1) is 0 Å². The van der Waals surface area contributed by atoms with E-state index in [1.54, 1.807) is 7.11 Å². The maximum atomic E-state index is 5.13. The molecule has 0 fully saturated rings. The molecule has 0 aromatic carbocycles. The van der Waals surface area contributed by atoms with Crippen molar-refractivity contribution in [3.05, 3.63) is 0 Å². The van der Waals surface area contributed by atoms with E-state index < -0.39 is 0 Å². The second-order valence-corrected chi connectivity index (χ2v) is 4.94. The van der Waals surface area contributed by atoms with Gasteiger partial charge in [0.15, 0.2) is 0 Å². The summed E-state index contributed by atoms with van der Waals surface area (Å²) in [5, 5.41) is 3.41. The monoisotopic (exact) mass is 237 g/mol. The van der Waals surface area contributed by atoms with Gasteiger partial charge in [-0.2, -0.15) is 0 Å². The summed E-state index contributed by atoms with van der Waals surface area (Å²) in [5.41, 5.74) is 0. The zero-order valence-corrected chi connectivity index (χ0v) is 10.0. The second-order valence-electron chi connectivity index (χ2n) is 3.37. The lowest BCUT2D eigenvalue weighted by Crippen LogP contribution is -2.34. The summed E-state index contributed by atoms with van der Waals surface area (Å²) in [5.74, 6) is 0. The van der Waals surface area contributed by atoms with Crippen molar-refractivity contribution >= 4 is 15.9 Å². The van der Waals surface area contributed by atoms with Gasteiger partial charge >= 0.3 is 0 Å². The molecule has 0 saturated carbocycles. The zero-order valence-electron chi connectivity index (χ0n) is 8.43. The third-order valence-corrected chi connectivity index (χ3v) is 2.21. The molecule has 74 valence electrons. The summed E-state index contributed by atoms with van der Waals surface area (Å²) in [6.07, 6.45) is 1.45. The first kappa shape index (κ1) is 12.4. The Bertz CT molecular complexity index is 109. The third-order valence-electron chi connectivity index (χ3n) is 1.83. The summed E-state index contributed by atoms with van der Waals surface area (Å²) < 4.78 is 5.13. The van der Waals surface area contributed by atoms with Crippen LogP contribution in [0.2, 0.25) is 0 Å². The van der Waals surface area contributed by atoms with E-state index in [1.165, 1.54) is 0 Å². The predicted octanol–water partition coefficient (Wildman–Crippen LogP) is 2.17. The van der Waals surface area contributed by atoms with E-state index in [4.69, 9.17) is 4.74 Å². The Balaban J connectivity index is 3.36. The Hall–Kier alpha value is 0.400. The molecule has 0 aromatic rings. The summed E-state index contributed by atoms with van der Waals surface area (Å²) in [6.45, 7) is 7.35. The van der Waals surface area contributed by atoms with Crippen LogP contribution in [0, 0.1) is 0 Å². The lowest BCUT2D eigenvalue weighted by atomic mass is 10.2. The van der Waals surface area contributed by atoms with Crippen LogP contribution < -0.4 is 5.32 Å². The summed E-state index contributed by atoms with van der Waals surface area (Å²) >= 11 is 3.53. The fraction of sp³-hybridized carbons (Fsp3) is 1.00. The highest BCUT2D eigenvalue weighted by Crippen LogP contribution is 2.06. The van der Waals surface area contributed by atoms with Crippen LogP contribution in [0.3, 0.4) is 0 Å². The Labute approximate surface area is 84.2 Å². The van der Waals surface area contributed by atoms with Gasteiger partial charge in [0.2, 0.25) is 0 Å². The predicted molar refractivity (Wildman–Crippen MR) is 56.9 cm³/mol. The molecule has 0 aliphatic carbocycles. The number of rotatable bonds is 6. The van der Waals surface area contributed by atoms with Crippen molar-refractivity contribution in [1.82, 2.24) is 5.32 Å². The number of methoxy groups -OCH3 is 1. The largest absolute Gasteiger partial charge is 0.380 e. The van der Waals surface area contributed by atoms with Crippen LogP contribution in [0.4, 0.5) is 0 Å². The molecule has 0 heterocycles. The molecule has 0 aliphatic heterocycles. The Morgan fingerprint density at radius 3 is 2.33 bits per heavy atom. The average Bonchev–Trinajstić information content (AvgIpc) is 1.99. The SMILES string of the molecule is COC(C)CNC(C)CC(C)Br. The maximum Gasteiger partial charge on any atom is 0.0667 e. The Morgan fingerprint density at radius 2 is 1.92 bits per heavy atom. The van der Waals surface area contributed by atoms with Gasteiger partial charge in [0.25, 0.3) is 0 Å². The fourth-order valence-electron chi connectivity index (χ4n) is 1.02. The van der Waals surface area contributed by atoms with Gasteiger partial charge in [-0.25, -0.2) is 0 Å². The number of hydrogen-bond acceptors (Lipinski definition) is 2. The number of ether oxygens (including phenoxy) is 1. The van der Waals surface area contributed by atoms with Crippen molar-refractivity contribution in [2.45, 2.75) is 44.2 Å². The number of alkyl halides is 1. The minimum atomic E-state index is 0.304. The number of hydrogen-bond donors (Lipinski definition) is 1. The summed E-state index contributed by atoms with van der Waals surface area (Å²) in [4.78, 5) is 0.581. The minimum absolute atomic E-state index is 0.304. The molecule has 0 saturated heterocycles. The highest BCUT2D eigenvalue weighted by molar-refractivity contribution is 9.09. The van der Waals surface area contributed by atoms with E-state index in [9.17, 15) is 0 Å². The summed E-state index contributed by atoms with van der Waals surface area (Å²) in [6, 6.07) is 0.553. The smallest absolute Gasteiger partial charge is 0.0667 e. The van der Waals surface area contributed by atoms with Crippen LogP contribution in [0.25, 0.3) is 0 Å². The van der Waals surface area contributed by atoms with E-state index in [0.29, 0.717) is 17.0 Å². The zero-order chi connectivity index (χ0) is 9.56. The maximum absolute atomic E-state index is 5.13. The molecule has 2 nitrogen and oxygen atoms in total. The molecule has 0 aliphatic rings.